The Morgan fingerprint density at radius 2 is 2.10 bits per heavy atom. The molecule has 3 aromatic rings. The smallest absolute Gasteiger partial charge is 0.111 e. The maximum atomic E-state index is 6.09. The number of aryl methyl sites for hydroxylation is 3. The summed E-state index contributed by atoms with van der Waals surface area (Å²) in [6.07, 6.45) is 4.48. The number of fused-ring (bicyclic) bond motifs is 1. The normalized spacial score (nSPS) is 11.3. The number of hydrogen-bond donors (Lipinski definition) is 0. The first kappa shape index (κ1) is 13.5. The topological polar surface area (TPSA) is 35.6 Å². The number of nitrogens with zero attached hydrogens (tertiary/aromatic N) is 4. The highest BCUT2D eigenvalue weighted by Crippen LogP contribution is 2.21. The van der Waals surface area contributed by atoms with Crippen LogP contribution in [0.1, 0.15) is 5.82 Å². The van der Waals surface area contributed by atoms with E-state index in [1.807, 2.05) is 35.1 Å². The molecule has 1 aromatic carbocycles. The van der Waals surface area contributed by atoms with Gasteiger partial charge in [0.1, 0.15) is 5.82 Å². The van der Waals surface area contributed by atoms with E-state index in [0.717, 1.165) is 41.4 Å². The van der Waals surface area contributed by atoms with Gasteiger partial charge in [0.15, 0.2) is 0 Å². The first-order valence-corrected chi connectivity index (χ1v) is 7.37. The van der Waals surface area contributed by atoms with Crippen molar-refractivity contribution in [2.45, 2.75) is 19.5 Å². The second kappa shape index (κ2) is 5.85. The van der Waals surface area contributed by atoms with Crippen molar-refractivity contribution in [3.8, 4) is 0 Å². The van der Waals surface area contributed by atoms with Crippen molar-refractivity contribution in [2.24, 2.45) is 0 Å². The number of hydrogen-bond acceptors (Lipinski definition) is 2. The van der Waals surface area contributed by atoms with Gasteiger partial charge >= 0.3 is 0 Å². The molecule has 0 aliphatic rings. The molecule has 3 rings (SSSR count). The van der Waals surface area contributed by atoms with E-state index in [1.165, 1.54) is 0 Å². The van der Waals surface area contributed by atoms with Crippen molar-refractivity contribution >= 4 is 34.2 Å². The molecule has 2 heterocycles. The lowest BCUT2D eigenvalue weighted by Gasteiger charge is -2.09. The Labute approximate surface area is 126 Å². The van der Waals surface area contributed by atoms with E-state index in [0.29, 0.717) is 5.88 Å². The number of rotatable bonds is 5. The second-order valence-electron chi connectivity index (χ2n) is 4.52. The van der Waals surface area contributed by atoms with Gasteiger partial charge in [-0.1, -0.05) is 11.6 Å². The molecule has 0 aliphatic heterocycles. The summed E-state index contributed by atoms with van der Waals surface area (Å²) in [4.78, 5) is 4.63. The van der Waals surface area contributed by atoms with Crippen molar-refractivity contribution in [1.29, 1.82) is 0 Å². The molecule has 0 saturated carbocycles. The molecule has 0 radical (unpaired) electrons. The van der Waals surface area contributed by atoms with Crippen molar-refractivity contribution in [1.82, 2.24) is 19.3 Å². The highest BCUT2D eigenvalue weighted by Gasteiger charge is 2.10. The third-order valence-corrected chi connectivity index (χ3v) is 3.64. The Balaban J connectivity index is 1.96. The number of benzene rings is 1. The van der Waals surface area contributed by atoms with Crippen LogP contribution in [0.15, 0.2) is 36.7 Å². The van der Waals surface area contributed by atoms with E-state index in [2.05, 4.69) is 14.6 Å². The maximum absolute atomic E-state index is 6.09. The van der Waals surface area contributed by atoms with Gasteiger partial charge in [0.05, 0.1) is 17.6 Å². The van der Waals surface area contributed by atoms with Crippen LogP contribution in [0.25, 0.3) is 11.0 Å². The van der Waals surface area contributed by atoms with Gasteiger partial charge in [-0.3, -0.25) is 4.68 Å². The lowest BCUT2D eigenvalue weighted by Crippen LogP contribution is -2.11. The number of halogens is 2. The highest BCUT2D eigenvalue weighted by atomic mass is 35.5. The number of imidazole rings is 1. The van der Waals surface area contributed by atoms with Crippen LogP contribution < -0.4 is 0 Å². The molecule has 6 heteroatoms. The summed E-state index contributed by atoms with van der Waals surface area (Å²) in [7, 11) is 0. The molecule has 0 saturated heterocycles. The molecule has 0 bridgehead atoms. The SMILES string of the molecule is ClCCc1nc2ccc(Cl)cc2n1CCn1cccn1. The zero-order valence-corrected chi connectivity index (χ0v) is 12.3. The molecule has 20 heavy (non-hydrogen) atoms. The predicted octanol–water partition coefficient (Wildman–Crippen LogP) is 3.37. The fourth-order valence-corrected chi connectivity index (χ4v) is 2.64. The number of aromatic nitrogens is 4. The first-order chi connectivity index (χ1) is 9.78. The average Bonchev–Trinajstić information content (AvgIpc) is 3.04. The van der Waals surface area contributed by atoms with Crippen molar-refractivity contribution in [3.63, 3.8) is 0 Å². The quantitative estimate of drug-likeness (QED) is 0.677. The molecule has 0 aliphatic carbocycles. The van der Waals surface area contributed by atoms with Crippen LogP contribution in [0.3, 0.4) is 0 Å². The molecule has 0 N–H and O–H groups in total. The molecule has 4 nitrogen and oxygen atoms in total. The fourth-order valence-electron chi connectivity index (χ4n) is 2.31. The Morgan fingerprint density at radius 1 is 1.20 bits per heavy atom. The van der Waals surface area contributed by atoms with Crippen LogP contribution in [0, 0.1) is 0 Å². The summed E-state index contributed by atoms with van der Waals surface area (Å²) in [5.41, 5.74) is 2.00. The lowest BCUT2D eigenvalue weighted by molar-refractivity contribution is 0.530. The zero-order chi connectivity index (χ0) is 13.9. The molecule has 0 amide bonds. The molecule has 0 fully saturated rings. The minimum Gasteiger partial charge on any atom is -0.326 e. The van der Waals surface area contributed by atoms with Crippen LogP contribution in [0.5, 0.6) is 0 Å². The van der Waals surface area contributed by atoms with Crippen LogP contribution >= 0.6 is 23.2 Å². The standard InChI is InChI=1S/C14H14Cl2N4/c15-5-4-14-18-12-3-2-11(16)10-13(12)20(14)9-8-19-7-1-6-17-19/h1-3,6-7,10H,4-5,8-9H2. The minimum atomic E-state index is 0.554. The molecule has 0 unspecified atom stereocenters. The van der Waals surface area contributed by atoms with E-state index in [4.69, 9.17) is 23.2 Å². The van der Waals surface area contributed by atoms with Gasteiger partial charge < -0.3 is 4.57 Å². The van der Waals surface area contributed by atoms with Crippen LogP contribution in [-0.2, 0) is 19.5 Å². The summed E-state index contributed by atoms with van der Waals surface area (Å²) in [6.45, 7) is 1.59. The fraction of sp³-hybridized carbons (Fsp3) is 0.286. The Morgan fingerprint density at radius 3 is 2.85 bits per heavy atom. The number of alkyl halides is 1. The Hall–Kier alpha value is -1.52. The van der Waals surface area contributed by atoms with Crippen LogP contribution in [0.4, 0.5) is 0 Å². The molecular weight excluding hydrogens is 295 g/mol. The maximum Gasteiger partial charge on any atom is 0.111 e. The van der Waals surface area contributed by atoms with Crippen molar-refractivity contribution in [2.75, 3.05) is 5.88 Å². The highest BCUT2D eigenvalue weighted by molar-refractivity contribution is 6.31. The summed E-state index contributed by atoms with van der Waals surface area (Å²) in [5, 5.41) is 4.94. The first-order valence-electron chi connectivity index (χ1n) is 6.46. The summed E-state index contributed by atoms with van der Waals surface area (Å²) in [5.74, 6) is 1.54. The molecule has 0 atom stereocenters. The van der Waals surface area contributed by atoms with E-state index >= 15 is 0 Å². The van der Waals surface area contributed by atoms with E-state index in [9.17, 15) is 0 Å². The van der Waals surface area contributed by atoms with Crippen LogP contribution in [-0.4, -0.2) is 25.2 Å². The van der Waals surface area contributed by atoms with Gasteiger partial charge in [-0.15, -0.1) is 11.6 Å². The van der Waals surface area contributed by atoms with Crippen molar-refractivity contribution < 1.29 is 0 Å². The molecule has 104 valence electrons. The second-order valence-corrected chi connectivity index (χ2v) is 5.34. The van der Waals surface area contributed by atoms with Gasteiger partial charge in [-0.25, -0.2) is 4.98 Å². The molecule has 2 aromatic heterocycles. The van der Waals surface area contributed by atoms with E-state index in [1.54, 1.807) is 6.20 Å². The van der Waals surface area contributed by atoms with E-state index < -0.39 is 0 Å². The van der Waals surface area contributed by atoms with Gasteiger partial charge in [0, 0.05) is 36.3 Å². The van der Waals surface area contributed by atoms with Gasteiger partial charge in [-0.2, -0.15) is 5.10 Å². The third-order valence-electron chi connectivity index (χ3n) is 3.22. The zero-order valence-electron chi connectivity index (χ0n) is 10.8. The summed E-state index contributed by atoms with van der Waals surface area (Å²) < 4.78 is 4.08. The lowest BCUT2D eigenvalue weighted by atomic mass is 10.3. The monoisotopic (exact) mass is 308 g/mol. The van der Waals surface area contributed by atoms with Gasteiger partial charge in [-0.05, 0) is 24.3 Å². The molecule has 0 spiro atoms. The Kier molecular flexibility index (Phi) is 3.94. The third kappa shape index (κ3) is 2.67. The van der Waals surface area contributed by atoms with Crippen LogP contribution in [0.2, 0.25) is 5.02 Å². The summed E-state index contributed by atoms with van der Waals surface area (Å²) >= 11 is 12.0. The minimum absolute atomic E-state index is 0.554. The van der Waals surface area contributed by atoms with Gasteiger partial charge in [0.2, 0.25) is 0 Å². The van der Waals surface area contributed by atoms with Crippen molar-refractivity contribution in [3.05, 3.63) is 47.5 Å². The molecular formula is C14H14Cl2N4. The summed E-state index contributed by atoms with van der Waals surface area (Å²) in [6, 6.07) is 7.67. The van der Waals surface area contributed by atoms with Gasteiger partial charge in [0.25, 0.3) is 0 Å². The average molecular weight is 309 g/mol. The predicted molar refractivity (Wildman–Crippen MR) is 81.4 cm³/mol. The largest absolute Gasteiger partial charge is 0.326 e. The van der Waals surface area contributed by atoms with E-state index in [-0.39, 0.29) is 0 Å². The Bertz CT molecular complexity index is 703.